The lowest BCUT2D eigenvalue weighted by Crippen LogP contribution is -2.49. The number of carbonyl (C=O) groups excluding carboxylic acids is 2. The van der Waals surface area contributed by atoms with Crippen LogP contribution in [0.2, 0.25) is 0 Å². The van der Waals surface area contributed by atoms with Crippen LogP contribution in [-0.4, -0.2) is 114 Å². The number of nitrogen functional groups attached to an aromatic ring is 1. The van der Waals surface area contributed by atoms with Crippen LogP contribution < -0.4 is 46.4 Å². The first kappa shape index (κ1) is 44.1. The molecule has 3 aliphatic rings. The molecular formula is C44H49BrF2N13O4P. The molecule has 0 radical (unpaired) electrons. The Labute approximate surface area is 382 Å². The standard InChI is InChI=1S/C44H49BrF2N13O4P/c1-56-35-20-36(30(47)18-28(35)42(55-56)60-12-9-39(61)53-44(60)62)59-15-13-57(14-16-59)24-25-7-10-58(11-8-25)37-21-38(64-2)34(19-31(37)48)52-43-50-23-29(45)41(54-43)51-33-6-5-32-27(17-26(46)22-49-32)40(33)65(3,4)63/h5-6,17-23,25H,7-16,24,48H2,1-4H3,(H,53,61,62)(H2,50,51,52,54). The van der Waals surface area contributed by atoms with E-state index in [0.29, 0.717) is 90.7 Å². The molecule has 3 aromatic carbocycles. The third-order valence-corrected chi connectivity index (χ3v) is 14.5. The van der Waals surface area contributed by atoms with Crippen LogP contribution in [0.3, 0.4) is 0 Å². The molecular weight excluding hydrogens is 923 g/mol. The van der Waals surface area contributed by atoms with E-state index in [2.05, 4.69) is 61.6 Å². The summed E-state index contributed by atoms with van der Waals surface area (Å²) < 4.78 is 51.6. The van der Waals surface area contributed by atoms with Gasteiger partial charge in [-0.2, -0.15) is 10.1 Å². The topological polar surface area (TPSA) is 192 Å². The van der Waals surface area contributed by atoms with E-state index in [9.17, 15) is 18.5 Å². The number of benzene rings is 3. The number of amides is 3. The molecule has 9 rings (SSSR count). The van der Waals surface area contributed by atoms with E-state index in [1.807, 2.05) is 12.1 Å². The zero-order chi connectivity index (χ0) is 45.7. The SMILES string of the molecule is COc1cc(N2CCC(CN3CCN(c4cc5c(cc4F)c(N4CCC(=O)NC4=O)nn5C)CC3)CC2)c(N)cc1Nc1ncc(Br)c(Nc2ccc3ncc(F)cc3c2P(C)(C)=O)n1. The molecule has 3 fully saturated rings. The number of ether oxygens (including phenoxy) is 1. The number of halogens is 3. The highest BCUT2D eigenvalue weighted by atomic mass is 79.9. The minimum Gasteiger partial charge on any atom is -0.494 e. The molecule has 65 heavy (non-hydrogen) atoms. The summed E-state index contributed by atoms with van der Waals surface area (Å²) in [6.07, 6.45) is 4.85. The lowest BCUT2D eigenvalue weighted by Gasteiger charge is -2.40. The van der Waals surface area contributed by atoms with Crippen molar-refractivity contribution in [2.45, 2.75) is 19.3 Å². The first-order chi connectivity index (χ1) is 31.1. The van der Waals surface area contributed by atoms with Crippen molar-refractivity contribution < 1.29 is 27.7 Å². The van der Waals surface area contributed by atoms with E-state index in [0.717, 1.165) is 57.4 Å². The van der Waals surface area contributed by atoms with E-state index < -0.39 is 19.0 Å². The molecule has 6 heterocycles. The number of urea groups is 1. The van der Waals surface area contributed by atoms with Crippen molar-refractivity contribution in [2.75, 3.05) is 104 Å². The fourth-order valence-electron chi connectivity index (χ4n) is 9.08. The van der Waals surface area contributed by atoms with Crippen LogP contribution in [0.15, 0.2) is 59.3 Å². The van der Waals surface area contributed by atoms with E-state index in [-0.39, 0.29) is 30.6 Å². The zero-order valence-electron chi connectivity index (χ0n) is 36.4. The normalized spacial score (nSPS) is 16.7. The number of hydrogen-bond acceptors (Lipinski definition) is 14. The molecule has 5 N–H and O–H groups in total. The van der Waals surface area contributed by atoms with Crippen LogP contribution >= 0.6 is 23.1 Å². The van der Waals surface area contributed by atoms with Gasteiger partial charge in [-0.25, -0.2) is 18.6 Å². The van der Waals surface area contributed by atoms with Gasteiger partial charge in [-0.3, -0.25) is 29.6 Å². The predicted molar refractivity (Wildman–Crippen MR) is 254 cm³/mol. The largest absolute Gasteiger partial charge is 0.494 e. The van der Waals surface area contributed by atoms with Crippen LogP contribution in [0.25, 0.3) is 21.8 Å². The van der Waals surface area contributed by atoms with Crippen LogP contribution in [0.4, 0.5) is 59.6 Å². The molecule has 0 unspecified atom stereocenters. The molecule has 3 aromatic heterocycles. The summed E-state index contributed by atoms with van der Waals surface area (Å²) in [6.45, 7) is 9.01. The van der Waals surface area contributed by atoms with Gasteiger partial charge in [0.15, 0.2) is 5.82 Å². The van der Waals surface area contributed by atoms with Gasteiger partial charge in [0.05, 0.1) is 57.2 Å². The fraction of sp³-hybridized carbons (Fsp3) is 0.364. The van der Waals surface area contributed by atoms with Crippen LogP contribution in [0, 0.1) is 17.6 Å². The van der Waals surface area contributed by atoms with Gasteiger partial charge in [0.1, 0.15) is 30.3 Å². The summed E-state index contributed by atoms with van der Waals surface area (Å²) in [5, 5.41) is 14.8. The van der Waals surface area contributed by atoms with Crippen LogP contribution in [0.5, 0.6) is 5.75 Å². The maximum Gasteiger partial charge on any atom is 0.329 e. The second-order valence-corrected chi connectivity index (χ2v) is 21.0. The average molecular weight is 973 g/mol. The van der Waals surface area contributed by atoms with Gasteiger partial charge < -0.3 is 35.5 Å². The first-order valence-corrected chi connectivity index (χ1v) is 24.7. The molecule has 0 atom stereocenters. The first-order valence-electron chi connectivity index (χ1n) is 21.3. The number of methoxy groups -OCH3 is 1. The smallest absolute Gasteiger partial charge is 0.329 e. The summed E-state index contributed by atoms with van der Waals surface area (Å²) in [6, 6.07) is 11.3. The van der Waals surface area contributed by atoms with Gasteiger partial charge in [0, 0.05) is 94.2 Å². The number of nitrogens with zero attached hydrogens (tertiary/aromatic N) is 9. The number of carbonyl (C=O) groups is 2. The molecule has 3 aliphatic heterocycles. The molecule has 21 heteroatoms. The second-order valence-electron chi connectivity index (χ2n) is 17.0. The number of nitrogens with two attached hydrogens (primary N) is 1. The Morgan fingerprint density at radius 1 is 0.908 bits per heavy atom. The highest BCUT2D eigenvalue weighted by Gasteiger charge is 2.31. The Hall–Kier alpha value is -6.11. The Morgan fingerprint density at radius 2 is 1.66 bits per heavy atom. The molecule has 0 aliphatic carbocycles. The lowest BCUT2D eigenvalue weighted by atomic mass is 9.95. The summed E-state index contributed by atoms with van der Waals surface area (Å²) in [7, 11) is 0.445. The lowest BCUT2D eigenvalue weighted by molar-refractivity contribution is -0.120. The number of fused-ring (bicyclic) bond motifs is 2. The number of piperazine rings is 1. The Bertz CT molecular complexity index is 2900. The quantitative estimate of drug-likeness (QED) is 0.0786. The number of nitrogens with one attached hydrogen (secondary N) is 3. The molecule has 0 spiro atoms. The highest BCUT2D eigenvalue weighted by Crippen LogP contribution is 2.43. The minimum atomic E-state index is -2.92. The number of aromatic nitrogens is 5. The zero-order valence-corrected chi connectivity index (χ0v) is 38.8. The van der Waals surface area contributed by atoms with Crippen molar-refractivity contribution in [1.82, 2.24) is 34.9 Å². The van der Waals surface area contributed by atoms with Crippen molar-refractivity contribution >= 4 is 108 Å². The molecule has 340 valence electrons. The molecule has 0 bridgehead atoms. The number of aryl methyl sites for hydroxylation is 1. The Balaban J connectivity index is 0.815. The third-order valence-electron chi connectivity index (χ3n) is 12.3. The number of piperidine rings is 1. The van der Waals surface area contributed by atoms with Gasteiger partial charge in [0.25, 0.3) is 0 Å². The monoisotopic (exact) mass is 971 g/mol. The molecule has 3 amide bonds. The van der Waals surface area contributed by atoms with Crippen molar-refractivity contribution in [3.63, 3.8) is 0 Å². The molecule has 17 nitrogen and oxygen atoms in total. The molecule has 6 aromatic rings. The van der Waals surface area contributed by atoms with Gasteiger partial charge in [-0.05, 0) is 84.4 Å². The predicted octanol–water partition coefficient (Wildman–Crippen LogP) is 6.76. The van der Waals surface area contributed by atoms with Crippen molar-refractivity contribution in [1.29, 1.82) is 0 Å². The highest BCUT2D eigenvalue weighted by molar-refractivity contribution is 9.10. The summed E-state index contributed by atoms with van der Waals surface area (Å²) in [5.74, 6) is 0.810. The number of anilines is 8. The molecule has 3 saturated heterocycles. The van der Waals surface area contributed by atoms with E-state index in [4.69, 9.17) is 15.5 Å². The van der Waals surface area contributed by atoms with Gasteiger partial charge >= 0.3 is 6.03 Å². The number of rotatable bonds is 11. The number of hydrogen-bond donors (Lipinski definition) is 4. The molecule has 0 saturated carbocycles. The summed E-state index contributed by atoms with van der Waals surface area (Å²) >= 11 is 3.53. The Kier molecular flexibility index (Phi) is 12.0. The van der Waals surface area contributed by atoms with E-state index in [1.165, 1.54) is 17.0 Å². The maximum atomic E-state index is 15.7. The second kappa shape index (κ2) is 17.7. The van der Waals surface area contributed by atoms with Crippen LogP contribution in [-0.2, 0) is 16.4 Å². The summed E-state index contributed by atoms with van der Waals surface area (Å²) in [4.78, 5) is 45.8. The van der Waals surface area contributed by atoms with Crippen molar-refractivity contribution in [2.24, 2.45) is 13.0 Å². The van der Waals surface area contributed by atoms with Crippen molar-refractivity contribution in [3.05, 3.63) is 71.0 Å². The average Bonchev–Trinajstić information content (AvgIpc) is 3.58. The van der Waals surface area contributed by atoms with Gasteiger partial charge in [0.2, 0.25) is 11.9 Å². The minimum absolute atomic E-state index is 0.156. The van der Waals surface area contributed by atoms with Crippen LogP contribution in [0.1, 0.15) is 19.3 Å². The summed E-state index contributed by atoms with van der Waals surface area (Å²) in [5.41, 5.74) is 11.0. The van der Waals surface area contributed by atoms with Gasteiger partial charge in [-0.1, -0.05) is 0 Å². The number of imide groups is 1. The van der Waals surface area contributed by atoms with E-state index in [1.54, 1.807) is 56.6 Å². The maximum absolute atomic E-state index is 15.7. The van der Waals surface area contributed by atoms with Gasteiger partial charge in [-0.15, -0.1) is 0 Å². The van der Waals surface area contributed by atoms with Crippen molar-refractivity contribution in [3.8, 4) is 5.75 Å². The third kappa shape index (κ3) is 8.98. The number of pyridine rings is 1. The Morgan fingerprint density at radius 3 is 2.38 bits per heavy atom. The van der Waals surface area contributed by atoms with E-state index >= 15 is 4.39 Å². The fourth-order valence-corrected chi connectivity index (χ4v) is 10.8.